The Kier molecular flexibility index (Phi) is 6.88. The van der Waals surface area contributed by atoms with Crippen molar-refractivity contribution in [1.82, 2.24) is 0 Å². The van der Waals surface area contributed by atoms with Gasteiger partial charge in [-0.15, -0.1) is 0 Å². The molecule has 4 aliphatic carbocycles. The van der Waals surface area contributed by atoms with E-state index in [2.05, 4.69) is 56.8 Å². The Labute approximate surface area is 207 Å². The van der Waals surface area contributed by atoms with E-state index in [-0.39, 0.29) is 10.8 Å². The maximum Gasteiger partial charge on any atom is 0.184 e. The van der Waals surface area contributed by atoms with Gasteiger partial charge in [-0.1, -0.05) is 36.7 Å². The molecule has 34 heavy (non-hydrogen) atoms. The summed E-state index contributed by atoms with van der Waals surface area (Å²) in [7, 11) is 1.46. The summed E-state index contributed by atoms with van der Waals surface area (Å²) in [4.78, 5) is 10.3. The fourth-order valence-corrected chi connectivity index (χ4v) is 8.86. The standard InChI is InChI=1S/C27H46N2O4Si/c1-18-15-20-21(25(2)12-9-19(28-31-4)16-23(18)25)10-13-26(3)22(20)11-14-27(26,30)24(29-32-5)17-33-34(6,7)8/h16,18,20-22,30H,9-15,17H2,1-8H3/b28-19-,29-24-/t18-,20+,21-,22-,25+,26-,27-/m0/s1. The lowest BCUT2D eigenvalue weighted by Crippen LogP contribution is -2.59. The highest BCUT2D eigenvalue weighted by atomic mass is 28.4. The highest BCUT2D eigenvalue weighted by Gasteiger charge is 2.66. The fourth-order valence-electron chi connectivity index (χ4n) is 8.29. The van der Waals surface area contributed by atoms with Crippen LogP contribution in [-0.4, -0.2) is 51.3 Å². The second kappa shape index (κ2) is 9.04. The summed E-state index contributed by atoms with van der Waals surface area (Å²) in [6, 6.07) is 0. The van der Waals surface area contributed by atoms with Crippen LogP contribution >= 0.6 is 0 Å². The molecular formula is C27H46N2O4Si. The van der Waals surface area contributed by atoms with Gasteiger partial charge >= 0.3 is 0 Å². The van der Waals surface area contributed by atoms with Crippen molar-refractivity contribution >= 4 is 19.7 Å². The predicted molar refractivity (Wildman–Crippen MR) is 139 cm³/mol. The van der Waals surface area contributed by atoms with Crippen LogP contribution in [0.15, 0.2) is 22.0 Å². The smallest absolute Gasteiger partial charge is 0.184 e. The average molecular weight is 491 g/mol. The molecule has 0 saturated heterocycles. The van der Waals surface area contributed by atoms with Crippen molar-refractivity contribution in [3.8, 4) is 0 Å². The Bertz CT molecular complexity index is 880. The second-order valence-electron chi connectivity index (χ2n) is 12.8. The van der Waals surface area contributed by atoms with Crippen LogP contribution in [0.5, 0.6) is 0 Å². The molecule has 3 fully saturated rings. The lowest BCUT2D eigenvalue weighted by molar-refractivity contribution is -0.102. The van der Waals surface area contributed by atoms with E-state index in [0.29, 0.717) is 36.0 Å². The second-order valence-corrected chi connectivity index (χ2v) is 17.3. The fraction of sp³-hybridized carbons (Fsp3) is 0.852. The molecule has 0 amide bonds. The zero-order valence-electron chi connectivity index (χ0n) is 22.6. The number of hydrogen-bond acceptors (Lipinski definition) is 6. The van der Waals surface area contributed by atoms with E-state index in [1.807, 2.05) is 0 Å². The molecule has 0 bridgehead atoms. The summed E-state index contributed by atoms with van der Waals surface area (Å²) < 4.78 is 6.23. The molecule has 0 heterocycles. The topological polar surface area (TPSA) is 72.6 Å². The molecule has 4 aliphatic rings. The Balaban J connectivity index is 1.64. The molecule has 7 heteroatoms. The minimum absolute atomic E-state index is 0.205. The SMILES string of the molecule is CO/N=C1\C=C2[C@@H](C)C[C@@H]3[C@H](CC[C@@]4(C)[C@H]3CC[C@]4(O)/C(CO[Si](C)(C)C)=N\OC)[C@@]2(C)CC1. The normalized spacial score (nSPS) is 43.6. The van der Waals surface area contributed by atoms with Gasteiger partial charge in [0.2, 0.25) is 0 Å². The van der Waals surface area contributed by atoms with Crippen molar-refractivity contribution in [3.63, 3.8) is 0 Å². The van der Waals surface area contributed by atoms with Gasteiger partial charge in [-0.25, -0.2) is 0 Å². The van der Waals surface area contributed by atoms with E-state index in [4.69, 9.17) is 14.1 Å². The number of nitrogens with zero attached hydrogens (tertiary/aromatic N) is 2. The third-order valence-electron chi connectivity index (χ3n) is 9.98. The van der Waals surface area contributed by atoms with E-state index >= 15 is 0 Å². The van der Waals surface area contributed by atoms with E-state index in [9.17, 15) is 5.11 Å². The first kappa shape index (κ1) is 25.9. The number of oxime groups is 2. The van der Waals surface area contributed by atoms with Gasteiger partial charge in [-0.2, -0.15) is 0 Å². The van der Waals surface area contributed by atoms with Gasteiger partial charge < -0.3 is 19.2 Å². The molecule has 0 radical (unpaired) electrons. The van der Waals surface area contributed by atoms with Crippen LogP contribution in [0.25, 0.3) is 0 Å². The Hall–Kier alpha value is -1.18. The van der Waals surface area contributed by atoms with Crippen molar-refractivity contribution in [3.05, 3.63) is 11.6 Å². The highest BCUT2D eigenvalue weighted by molar-refractivity contribution is 6.69. The zero-order chi connectivity index (χ0) is 24.9. The monoisotopic (exact) mass is 490 g/mol. The quantitative estimate of drug-likeness (QED) is 0.291. The zero-order valence-corrected chi connectivity index (χ0v) is 23.6. The van der Waals surface area contributed by atoms with Crippen molar-refractivity contribution in [2.45, 2.75) is 91.0 Å². The highest BCUT2D eigenvalue weighted by Crippen LogP contribution is 2.68. The van der Waals surface area contributed by atoms with E-state index in [0.717, 1.165) is 44.2 Å². The third-order valence-corrected chi connectivity index (χ3v) is 11.0. The molecule has 0 aromatic rings. The summed E-state index contributed by atoms with van der Waals surface area (Å²) in [6.07, 6.45) is 9.59. The van der Waals surface area contributed by atoms with Crippen molar-refractivity contribution in [2.75, 3.05) is 20.8 Å². The van der Waals surface area contributed by atoms with Crippen molar-refractivity contribution < 1.29 is 19.2 Å². The molecule has 0 spiro atoms. The Morgan fingerprint density at radius 3 is 2.44 bits per heavy atom. The first-order valence-electron chi connectivity index (χ1n) is 13.2. The Morgan fingerprint density at radius 2 is 1.79 bits per heavy atom. The Morgan fingerprint density at radius 1 is 1.09 bits per heavy atom. The summed E-state index contributed by atoms with van der Waals surface area (Å²) in [5.41, 5.74) is 2.37. The molecule has 0 aliphatic heterocycles. The van der Waals surface area contributed by atoms with Crippen LogP contribution in [0.1, 0.15) is 65.7 Å². The molecule has 4 rings (SSSR count). The largest absolute Gasteiger partial charge is 0.412 e. The molecule has 0 aromatic heterocycles. The molecular weight excluding hydrogens is 444 g/mol. The number of hydrogen-bond donors (Lipinski definition) is 1. The van der Waals surface area contributed by atoms with Crippen molar-refractivity contribution in [1.29, 1.82) is 0 Å². The third kappa shape index (κ3) is 4.09. The lowest BCUT2D eigenvalue weighted by Gasteiger charge is -2.60. The number of rotatable bonds is 6. The van der Waals surface area contributed by atoms with Gasteiger partial charge in [0.15, 0.2) is 8.32 Å². The van der Waals surface area contributed by atoms with E-state index in [1.165, 1.54) is 6.42 Å². The van der Waals surface area contributed by atoms with Gasteiger partial charge in [-0.05, 0) is 99.7 Å². The van der Waals surface area contributed by atoms with Crippen LogP contribution < -0.4 is 0 Å². The van der Waals surface area contributed by atoms with Crippen LogP contribution in [0.3, 0.4) is 0 Å². The van der Waals surface area contributed by atoms with Crippen LogP contribution in [0.4, 0.5) is 0 Å². The number of aliphatic hydroxyl groups is 1. The van der Waals surface area contributed by atoms with Gasteiger partial charge in [0.25, 0.3) is 0 Å². The molecule has 1 N–H and O–H groups in total. The van der Waals surface area contributed by atoms with Crippen LogP contribution in [-0.2, 0) is 14.1 Å². The predicted octanol–water partition coefficient (Wildman–Crippen LogP) is 5.78. The van der Waals surface area contributed by atoms with Gasteiger partial charge in [0, 0.05) is 5.41 Å². The summed E-state index contributed by atoms with van der Waals surface area (Å²) in [5.74, 6) is 2.28. The number of allylic oxidation sites excluding steroid dienone is 2. The van der Waals surface area contributed by atoms with E-state index in [1.54, 1.807) is 19.8 Å². The molecule has 7 atom stereocenters. The maximum absolute atomic E-state index is 12.3. The summed E-state index contributed by atoms with van der Waals surface area (Å²) >= 11 is 0. The number of fused-ring (bicyclic) bond motifs is 5. The van der Waals surface area contributed by atoms with Crippen LogP contribution in [0.2, 0.25) is 19.6 Å². The van der Waals surface area contributed by atoms with Gasteiger partial charge in [-0.3, -0.25) is 0 Å². The maximum atomic E-state index is 12.3. The van der Waals surface area contributed by atoms with Gasteiger partial charge in [0.1, 0.15) is 25.5 Å². The summed E-state index contributed by atoms with van der Waals surface area (Å²) in [5, 5.41) is 20.9. The first-order chi connectivity index (χ1) is 15.9. The minimum Gasteiger partial charge on any atom is -0.412 e. The van der Waals surface area contributed by atoms with Crippen LogP contribution in [0, 0.1) is 34.5 Å². The minimum atomic E-state index is -1.75. The molecule has 0 aromatic carbocycles. The average Bonchev–Trinajstić information content (AvgIpc) is 3.03. The molecule has 6 nitrogen and oxygen atoms in total. The first-order valence-corrected chi connectivity index (χ1v) is 16.6. The summed E-state index contributed by atoms with van der Waals surface area (Å²) in [6.45, 7) is 14.1. The molecule has 192 valence electrons. The molecule has 3 saturated carbocycles. The molecule has 0 unspecified atom stereocenters. The van der Waals surface area contributed by atoms with E-state index < -0.39 is 13.9 Å². The lowest BCUT2D eigenvalue weighted by atomic mass is 9.44. The van der Waals surface area contributed by atoms with Gasteiger partial charge in [0.05, 0.1) is 12.3 Å². The van der Waals surface area contributed by atoms with Crippen molar-refractivity contribution in [2.24, 2.45) is 44.8 Å².